The Morgan fingerprint density at radius 1 is 1.21 bits per heavy atom. The number of aryl methyl sites for hydroxylation is 1. The van der Waals surface area contributed by atoms with Gasteiger partial charge in [-0.15, -0.1) is 0 Å². The zero-order valence-electron chi connectivity index (χ0n) is 12.6. The van der Waals surface area contributed by atoms with Gasteiger partial charge < -0.3 is 9.73 Å². The number of oxazole rings is 1. The van der Waals surface area contributed by atoms with Crippen molar-refractivity contribution < 1.29 is 17.6 Å². The number of carbonyl (C=O) groups excluding carboxylic acids is 1. The maximum Gasteiger partial charge on any atom is 0.239 e. The van der Waals surface area contributed by atoms with Gasteiger partial charge in [-0.25, -0.2) is 13.4 Å². The van der Waals surface area contributed by atoms with Crippen molar-refractivity contribution >= 4 is 44.1 Å². The first-order valence-corrected chi connectivity index (χ1v) is 9.02. The molecule has 1 aromatic heterocycles. The number of sulfone groups is 1. The summed E-state index contributed by atoms with van der Waals surface area (Å²) in [6.45, 7) is 1.72. The van der Waals surface area contributed by atoms with Crippen LogP contribution < -0.4 is 5.32 Å². The number of aromatic nitrogens is 1. The summed E-state index contributed by atoms with van der Waals surface area (Å²) in [7, 11) is -3.74. The van der Waals surface area contributed by atoms with Gasteiger partial charge in [0.25, 0.3) is 0 Å². The Morgan fingerprint density at radius 3 is 2.62 bits per heavy atom. The molecule has 0 aliphatic rings. The van der Waals surface area contributed by atoms with Crippen LogP contribution in [-0.4, -0.2) is 25.1 Å². The average molecular weight is 365 g/mol. The van der Waals surface area contributed by atoms with Gasteiger partial charge >= 0.3 is 0 Å². The van der Waals surface area contributed by atoms with E-state index in [0.717, 1.165) is 0 Å². The van der Waals surface area contributed by atoms with Gasteiger partial charge in [0.2, 0.25) is 5.91 Å². The van der Waals surface area contributed by atoms with Crippen molar-refractivity contribution in [2.75, 3.05) is 11.1 Å². The van der Waals surface area contributed by atoms with Crippen molar-refractivity contribution in [2.45, 2.75) is 11.8 Å². The molecule has 1 heterocycles. The largest absolute Gasteiger partial charge is 0.441 e. The maximum atomic E-state index is 12.2. The summed E-state index contributed by atoms with van der Waals surface area (Å²) in [5, 5.41) is 2.98. The fourth-order valence-electron chi connectivity index (χ4n) is 2.22. The standard InChI is InChI=1S/C16H13ClN2O4S/c1-10-18-14-8-12(4-7-15(14)23-10)19-16(20)9-24(21,22)13-5-2-11(17)3-6-13/h2-8H,9H2,1H3,(H,19,20). The molecular weight excluding hydrogens is 352 g/mol. The second kappa shape index (κ2) is 6.26. The molecule has 0 aliphatic heterocycles. The van der Waals surface area contributed by atoms with Crippen molar-refractivity contribution in [2.24, 2.45) is 0 Å². The molecule has 0 atom stereocenters. The Morgan fingerprint density at radius 2 is 1.92 bits per heavy atom. The number of amides is 1. The van der Waals surface area contributed by atoms with Gasteiger partial charge in [-0.3, -0.25) is 4.79 Å². The number of halogens is 1. The van der Waals surface area contributed by atoms with E-state index in [2.05, 4.69) is 10.3 Å². The van der Waals surface area contributed by atoms with Crippen molar-refractivity contribution in [1.29, 1.82) is 0 Å². The van der Waals surface area contributed by atoms with Crippen LogP contribution in [0.15, 0.2) is 51.8 Å². The lowest BCUT2D eigenvalue weighted by atomic mass is 10.3. The average Bonchev–Trinajstić information content (AvgIpc) is 2.86. The van der Waals surface area contributed by atoms with E-state index in [1.807, 2.05) is 0 Å². The Hall–Kier alpha value is -2.38. The number of fused-ring (bicyclic) bond motifs is 1. The second-order valence-electron chi connectivity index (χ2n) is 5.18. The summed E-state index contributed by atoms with van der Waals surface area (Å²) in [5.74, 6) is -0.784. The Labute approximate surface area is 143 Å². The van der Waals surface area contributed by atoms with Crippen LogP contribution in [0.1, 0.15) is 5.89 Å². The third kappa shape index (κ3) is 3.58. The lowest BCUT2D eigenvalue weighted by Gasteiger charge is -2.06. The molecular formula is C16H13ClN2O4S. The van der Waals surface area contributed by atoms with E-state index in [-0.39, 0.29) is 4.90 Å². The first-order chi connectivity index (χ1) is 11.3. The van der Waals surface area contributed by atoms with Crippen LogP contribution in [0.5, 0.6) is 0 Å². The number of anilines is 1. The van der Waals surface area contributed by atoms with Crippen molar-refractivity contribution in [1.82, 2.24) is 4.98 Å². The van der Waals surface area contributed by atoms with Crippen molar-refractivity contribution in [3.63, 3.8) is 0 Å². The first kappa shape index (κ1) is 16.5. The van der Waals surface area contributed by atoms with Gasteiger partial charge in [-0.2, -0.15) is 0 Å². The fraction of sp³-hybridized carbons (Fsp3) is 0.125. The number of carbonyl (C=O) groups is 1. The molecule has 2 aromatic carbocycles. The lowest BCUT2D eigenvalue weighted by Crippen LogP contribution is -2.23. The zero-order valence-corrected chi connectivity index (χ0v) is 14.2. The molecule has 0 fully saturated rings. The van der Waals surface area contributed by atoms with E-state index < -0.39 is 21.5 Å². The lowest BCUT2D eigenvalue weighted by molar-refractivity contribution is -0.113. The second-order valence-corrected chi connectivity index (χ2v) is 7.60. The summed E-state index contributed by atoms with van der Waals surface area (Å²) in [6, 6.07) is 10.6. The SMILES string of the molecule is Cc1nc2cc(NC(=O)CS(=O)(=O)c3ccc(Cl)cc3)ccc2o1. The van der Waals surface area contributed by atoms with Crippen molar-refractivity contribution in [3.8, 4) is 0 Å². The quantitative estimate of drug-likeness (QED) is 0.767. The molecule has 0 unspecified atom stereocenters. The third-order valence-corrected chi connectivity index (χ3v) is 5.16. The normalized spacial score (nSPS) is 11.6. The van der Waals surface area contributed by atoms with Gasteiger partial charge in [-0.1, -0.05) is 11.6 Å². The molecule has 0 saturated heterocycles. The highest BCUT2D eigenvalue weighted by atomic mass is 35.5. The summed E-state index contributed by atoms with van der Waals surface area (Å²) in [5.41, 5.74) is 1.64. The van der Waals surface area contributed by atoms with E-state index in [0.29, 0.717) is 27.7 Å². The molecule has 0 bridgehead atoms. The predicted octanol–water partition coefficient (Wildman–Crippen LogP) is 3.20. The maximum absolute atomic E-state index is 12.2. The third-order valence-electron chi connectivity index (χ3n) is 3.27. The van der Waals surface area contributed by atoms with Crippen molar-refractivity contribution in [3.05, 3.63) is 53.4 Å². The van der Waals surface area contributed by atoms with Crippen LogP contribution >= 0.6 is 11.6 Å². The topological polar surface area (TPSA) is 89.3 Å². The zero-order chi connectivity index (χ0) is 17.3. The summed E-state index contributed by atoms with van der Waals surface area (Å²) >= 11 is 5.74. The van der Waals surface area contributed by atoms with Gasteiger partial charge in [-0.05, 0) is 42.5 Å². The highest BCUT2D eigenvalue weighted by molar-refractivity contribution is 7.92. The monoisotopic (exact) mass is 364 g/mol. The smallest absolute Gasteiger partial charge is 0.239 e. The molecule has 0 aliphatic carbocycles. The summed E-state index contributed by atoms with van der Waals surface area (Å²) in [6.07, 6.45) is 0. The molecule has 8 heteroatoms. The summed E-state index contributed by atoms with van der Waals surface area (Å²) < 4.78 is 29.8. The summed E-state index contributed by atoms with van der Waals surface area (Å²) in [4.78, 5) is 16.3. The van der Waals surface area contributed by atoms with Crippen LogP contribution in [0.3, 0.4) is 0 Å². The van der Waals surface area contributed by atoms with E-state index in [4.69, 9.17) is 16.0 Å². The highest BCUT2D eigenvalue weighted by Gasteiger charge is 2.19. The van der Waals surface area contributed by atoms with Crippen LogP contribution in [0, 0.1) is 6.92 Å². The van der Waals surface area contributed by atoms with Gasteiger partial charge in [0.15, 0.2) is 21.3 Å². The minimum Gasteiger partial charge on any atom is -0.441 e. The van der Waals surface area contributed by atoms with E-state index in [1.165, 1.54) is 24.3 Å². The van der Waals surface area contributed by atoms with Crippen LogP contribution in [0.4, 0.5) is 5.69 Å². The minimum absolute atomic E-state index is 0.0460. The molecule has 0 radical (unpaired) electrons. The Bertz CT molecular complexity index is 1010. The Kier molecular flexibility index (Phi) is 4.29. The first-order valence-electron chi connectivity index (χ1n) is 6.99. The number of nitrogens with zero attached hydrogens (tertiary/aromatic N) is 1. The van der Waals surface area contributed by atoms with Gasteiger partial charge in [0.05, 0.1) is 4.90 Å². The van der Waals surface area contributed by atoms with E-state index in [1.54, 1.807) is 25.1 Å². The number of hydrogen-bond acceptors (Lipinski definition) is 5. The molecule has 24 heavy (non-hydrogen) atoms. The van der Waals surface area contributed by atoms with Gasteiger partial charge in [0, 0.05) is 17.6 Å². The molecule has 124 valence electrons. The highest BCUT2D eigenvalue weighted by Crippen LogP contribution is 2.20. The van der Waals surface area contributed by atoms with E-state index in [9.17, 15) is 13.2 Å². The van der Waals surface area contributed by atoms with Crippen LogP contribution in [0.25, 0.3) is 11.1 Å². The van der Waals surface area contributed by atoms with Gasteiger partial charge in [0.1, 0.15) is 11.3 Å². The van der Waals surface area contributed by atoms with Crippen LogP contribution in [-0.2, 0) is 14.6 Å². The predicted molar refractivity (Wildman–Crippen MR) is 90.9 cm³/mol. The molecule has 3 rings (SSSR count). The molecule has 6 nitrogen and oxygen atoms in total. The fourth-order valence-corrected chi connectivity index (χ4v) is 3.48. The minimum atomic E-state index is -3.74. The molecule has 3 aromatic rings. The number of hydrogen-bond donors (Lipinski definition) is 1. The van der Waals surface area contributed by atoms with Crippen LogP contribution in [0.2, 0.25) is 5.02 Å². The molecule has 1 N–H and O–H groups in total. The molecule has 1 amide bonds. The number of nitrogens with one attached hydrogen (secondary N) is 1. The Balaban J connectivity index is 1.75. The number of rotatable bonds is 4. The van der Waals surface area contributed by atoms with E-state index >= 15 is 0 Å². The number of benzene rings is 2. The molecule has 0 spiro atoms. The molecule has 0 saturated carbocycles.